The molecule has 5 heteroatoms. The van der Waals surface area contributed by atoms with Gasteiger partial charge >= 0.3 is 6.03 Å². The molecule has 2 amide bonds. The van der Waals surface area contributed by atoms with Crippen LogP contribution in [0.15, 0.2) is 42.9 Å². The molecule has 0 aliphatic carbocycles. The number of rotatable bonds is 2. The van der Waals surface area contributed by atoms with Crippen molar-refractivity contribution < 1.29 is 4.79 Å². The van der Waals surface area contributed by atoms with Gasteiger partial charge in [0.15, 0.2) is 0 Å². The van der Waals surface area contributed by atoms with Gasteiger partial charge in [0, 0.05) is 25.1 Å². The summed E-state index contributed by atoms with van der Waals surface area (Å²) in [6.45, 7) is 2.74. The zero-order valence-corrected chi connectivity index (χ0v) is 12.0. The first-order valence-corrected chi connectivity index (χ1v) is 7.14. The number of amides is 2. The lowest BCUT2D eigenvalue weighted by molar-refractivity contribution is 0.207. The van der Waals surface area contributed by atoms with E-state index in [1.54, 1.807) is 18.6 Å². The second kappa shape index (κ2) is 5.91. The second-order valence-electron chi connectivity index (χ2n) is 5.28. The molecule has 1 fully saturated rings. The molecule has 0 bridgehead atoms. The first-order valence-electron chi connectivity index (χ1n) is 7.14. The van der Waals surface area contributed by atoms with Gasteiger partial charge in [0.1, 0.15) is 5.82 Å². The lowest BCUT2D eigenvalue weighted by atomic mass is 10.1. The fourth-order valence-electron chi connectivity index (χ4n) is 2.67. The molecule has 0 spiro atoms. The number of pyridine rings is 2. The van der Waals surface area contributed by atoms with Crippen molar-refractivity contribution in [2.45, 2.75) is 25.8 Å². The summed E-state index contributed by atoms with van der Waals surface area (Å²) in [7, 11) is 0. The molecule has 1 atom stereocenters. The van der Waals surface area contributed by atoms with Gasteiger partial charge in [-0.15, -0.1) is 0 Å². The van der Waals surface area contributed by atoms with Crippen LogP contribution in [0, 0.1) is 6.92 Å². The molecule has 1 aliphatic rings. The molecule has 3 heterocycles. The van der Waals surface area contributed by atoms with E-state index in [0.717, 1.165) is 30.5 Å². The molecular formula is C16H18N4O. The molecule has 1 N–H and O–H groups in total. The van der Waals surface area contributed by atoms with Crippen LogP contribution in [0.5, 0.6) is 0 Å². The number of carbonyl (C=O) groups is 1. The standard InChI is InChI=1S/C16H18N4O/c1-12-4-5-15(18-11-12)19-16(21)20-10-2-3-14(20)13-6-8-17-9-7-13/h4-9,11,14H,2-3,10H2,1H3,(H,18,19,21)/t14-/m0/s1. The molecule has 0 saturated carbocycles. The lowest BCUT2D eigenvalue weighted by Gasteiger charge is -2.25. The van der Waals surface area contributed by atoms with Gasteiger partial charge in [-0.05, 0) is 49.1 Å². The molecule has 2 aromatic heterocycles. The third-order valence-electron chi connectivity index (χ3n) is 3.75. The number of aryl methyl sites for hydroxylation is 1. The van der Waals surface area contributed by atoms with Crippen molar-refractivity contribution in [3.05, 3.63) is 54.0 Å². The van der Waals surface area contributed by atoms with E-state index >= 15 is 0 Å². The molecule has 0 radical (unpaired) electrons. The number of nitrogens with zero attached hydrogens (tertiary/aromatic N) is 3. The maximum absolute atomic E-state index is 12.4. The Kier molecular flexibility index (Phi) is 3.81. The van der Waals surface area contributed by atoms with Gasteiger partial charge in [0.05, 0.1) is 6.04 Å². The van der Waals surface area contributed by atoms with Gasteiger partial charge in [-0.1, -0.05) is 6.07 Å². The maximum Gasteiger partial charge on any atom is 0.323 e. The van der Waals surface area contributed by atoms with Crippen molar-refractivity contribution in [2.24, 2.45) is 0 Å². The number of likely N-dealkylation sites (tertiary alicyclic amines) is 1. The predicted molar refractivity (Wildman–Crippen MR) is 80.9 cm³/mol. The molecule has 1 saturated heterocycles. The summed E-state index contributed by atoms with van der Waals surface area (Å²) >= 11 is 0. The van der Waals surface area contributed by atoms with Crippen molar-refractivity contribution in [1.82, 2.24) is 14.9 Å². The number of urea groups is 1. The van der Waals surface area contributed by atoms with Crippen LogP contribution in [-0.4, -0.2) is 27.4 Å². The second-order valence-corrected chi connectivity index (χ2v) is 5.28. The average Bonchev–Trinajstić information content (AvgIpc) is 3.00. The molecule has 0 aromatic carbocycles. The highest BCUT2D eigenvalue weighted by Gasteiger charge is 2.30. The minimum atomic E-state index is -0.0920. The lowest BCUT2D eigenvalue weighted by Crippen LogP contribution is -2.34. The Morgan fingerprint density at radius 2 is 2.10 bits per heavy atom. The zero-order valence-electron chi connectivity index (χ0n) is 12.0. The van der Waals surface area contributed by atoms with Crippen LogP contribution >= 0.6 is 0 Å². The number of hydrogen-bond donors (Lipinski definition) is 1. The summed E-state index contributed by atoms with van der Waals surface area (Å²) in [4.78, 5) is 22.6. The molecule has 0 unspecified atom stereocenters. The predicted octanol–water partition coefficient (Wildman–Crippen LogP) is 3.15. The van der Waals surface area contributed by atoms with E-state index < -0.39 is 0 Å². The van der Waals surface area contributed by atoms with Crippen molar-refractivity contribution >= 4 is 11.8 Å². The van der Waals surface area contributed by atoms with E-state index in [2.05, 4.69) is 15.3 Å². The van der Waals surface area contributed by atoms with E-state index in [4.69, 9.17) is 0 Å². The van der Waals surface area contributed by atoms with Crippen LogP contribution in [0.4, 0.5) is 10.6 Å². The molecule has 3 rings (SSSR count). The van der Waals surface area contributed by atoms with Gasteiger partial charge in [-0.25, -0.2) is 9.78 Å². The van der Waals surface area contributed by atoms with Gasteiger partial charge in [0.2, 0.25) is 0 Å². The van der Waals surface area contributed by atoms with Crippen molar-refractivity contribution in [1.29, 1.82) is 0 Å². The Morgan fingerprint density at radius 3 is 2.81 bits per heavy atom. The maximum atomic E-state index is 12.4. The Morgan fingerprint density at radius 1 is 1.29 bits per heavy atom. The van der Waals surface area contributed by atoms with Gasteiger partial charge in [-0.3, -0.25) is 10.3 Å². The van der Waals surface area contributed by atoms with Gasteiger partial charge < -0.3 is 4.90 Å². The number of aromatic nitrogens is 2. The number of hydrogen-bond acceptors (Lipinski definition) is 3. The van der Waals surface area contributed by atoms with E-state index in [9.17, 15) is 4.79 Å². The summed E-state index contributed by atoms with van der Waals surface area (Å²) < 4.78 is 0. The van der Waals surface area contributed by atoms with E-state index in [-0.39, 0.29) is 12.1 Å². The highest BCUT2D eigenvalue weighted by molar-refractivity contribution is 5.88. The van der Waals surface area contributed by atoms with Crippen LogP contribution in [-0.2, 0) is 0 Å². The Bertz CT molecular complexity index is 612. The molecular weight excluding hydrogens is 264 g/mol. The summed E-state index contributed by atoms with van der Waals surface area (Å²) in [5.74, 6) is 0.589. The van der Waals surface area contributed by atoms with Crippen LogP contribution in [0.3, 0.4) is 0 Å². The number of nitrogens with one attached hydrogen (secondary N) is 1. The largest absolute Gasteiger partial charge is 0.323 e. The van der Waals surface area contributed by atoms with Crippen molar-refractivity contribution in [3.63, 3.8) is 0 Å². The minimum absolute atomic E-state index is 0.0920. The van der Waals surface area contributed by atoms with Gasteiger partial charge in [0.25, 0.3) is 0 Å². The van der Waals surface area contributed by atoms with Crippen molar-refractivity contribution in [3.8, 4) is 0 Å². The molecule has 21 heavy (non-hydrogen) atoms. The Balaban J connectivity index is 1.73. The number of carbonyl (C=O) groups excluding carboxylic acids is 1. The third-order valence-corrected chi connectivity index (χ3v) is 3.75. The fourth-order valence-corrected chi connectivity index (χ4v) is 2.67. The highest BCUT2D eigenvalue weighted by atomic mass is 16.2. The van der Waals surface area contributed by atoms with Crippen LogP contribution in [0.1, 0.15) is 30.0 Å². The van der Waals surface area contributed by atoms with Crippen molar-refractivity contribution in [2.75, 3.05) is 11.9 Å². The van der Waals surface area contributed by atoms with E-state index in [1.807, 2.05) is 36.1 Å². The normalized spacial score (nSPS) is 17.8. The summed E-state index contributed by atoms with van der Waals surface area (Å²) in [5, 5.41) is 2.87. The molecule has 2 aromatic rings. The van der Waals surface area contributed by atoms with Crippen LogP contribution in [0.25, 0.3) is 0 Å². The molecule has 5 nitrogen and oxygen atoms in total. The molecule has 1 aliphatic heterocycles. The minimum Gasteiger partial charge on any atom is -0.317 e. The Labute approximate surface area is 124 Å². The Hall–Kier alpha value is -2.43. The SMILES string of the molecule is Cc1ccc(NC(=O)N2CCC[C@H]2c2ccncc2)nc1. The highest BCUT2D eigenvalue weighted by Crippen LogP contribution is 2.31. The molecule has 108 valence electrons. The quantitative estimate of drug-likeness (QED) is 0.920. The summed E-state index contributed by atoms with van der Waals surface area (Å²) in [5.41, 5.74) is 2.21. The fraction of sp³-hybridized carbons (Fsp3) is 0.312. The first-order chi connectivity index (χ1) is 10.2. The third kappa shape index (κ3) is 3.02. The zero-order chi connectivity index (χ0) is 14.7. The summed E-state index contributed by atoms with van der Waals surface area (Å²) in [6, 6.07) is 7.74. The van der Waals surface area contributed by atoms with E-state index in [1.165, 1.54) is 0 Å². The summed E-state index contributed by atoms with van der Waals surface area (Å²) in [6.07, 6.45) is 7.29. The monoisotopic (exact) mass is 282 g/mol. The van der Waals surface area contributed by atoms with Crippen LogP contribution in [0.2, 0.25) is 0 Å². The smallest absolute Gasteiger partial charge is 0.317 e. The van der Waals surface area contributed by atoms with Gasteiger partial charge in [-0.2, -0.15) is 0 Å². The van der Waals surface area contributed by atoms with E-state index in [0.29, 0.717) is 5.82 Å². The van der Waals surface area contributed by atoms with Crippen LogP contribution < -0.4 is 5.32 Å². The first kappa shape index (κ1) is 13.5. The average molecular weight is 282 g/mol. The number of anilines is 1. The topological polar surface area (TPSA) is 58.1 Å².